The van der Waals surface area contributed by atoms with Crippen LogP contribution in [0.3, 0.4) is 0 Å². The van der Waals surface area contributed by atoms with Crippen LogP contribution in [0, 0.1) is 24.4 Å². The van der Waals surface area contributed by atoms with E-state index in [-0.39, 0.29) is 28.7 Å². The molecule has 0 spiro atoms. The number of hydrogen-bond donors (Lipinski definition) is 3. The smallest absolute Gasteiger partial charge is 0.469 e. The van der Waals surface area contributed by atoms with Gasteiger partial charge in [0.15, 0.2) is 16.6 Å². The second-order valence-corrected chi connectivity index (χ2v) is 9.21. The Morgan fingerprint density at radius 2 is 1.95 bits per heavy atom. The Kier molecular flexibility index (Phi) is 10.3. The fourth-order valence-electron chi connectivity index (χ4n) is 3.66. The summed E-state index contributed by atoms with van der Waals surface area (Å²) < 4.78 is 60.8. The number of urea groups is 1. The van der Waals surface area contributed by atoms with Gasteiger partial charge >= 0.3 is 12.2 Å². The molecule has 3 rings (SSSR count). The van der Waals surface area contributed by atoms with Crippen LogP contribution in [0.2, 0.25) is 0 Å². The van der Waals surface area contributed by atoms with Crippen molar-refractivity contribution in [3.05, 3.63) is 34.6 Å². The van der Waals surface area contributed by atoms with Crippen LogP contribution in [0.15, 0.2) is 6.07 Å². The third kappa shape index (κ3) is 7.94. The lowest BCUT2D eigenvalue weighted by Gasteiger charge is -2.17. The van der Waals surface area contributed by atoms with E-state index >= 15 is 0 Å². The lowest BCUT2D eigenvalue weighted by Crippen LogP contribution is -2.32. The van der Waals surface area contributed by atoms with E-state index in [2.05, 4.69) is 24.6 Å². The molecule has 14 heteroatoms. The average Bonchev–Trinajstić information content (AvgIpc) is 3.52. The van der Waals surface area contributed by atoms with Crippen LogP contribution in [0.1, 0.15) is 36.8 Å². The van der Waals surface area contributed by atoms with Crippen LogP contribution in [0.5, 0.6) is 11.6 Å². The number of anilines is 1. The van der Waals surface area contributed by atoms with E-state index in [4.69, 9.17) is 9.47 Å². The van der Waals surface area contributed by atoms with Gasteiger partial charge < -0.3 is 29.5 Å². The first-order chi connectivity index (χ1) is 17.7. The number of aliphatic hydroxyl groups is 1. The largest absolute Gasteiger partial charge is 0.513 e. The highest BCUT2D eigenvalue weighted by Crippen LogP contribution is 2.39. The van der Waals surface area contributed by atoms with E-state index in [1.54, 1.807) is 0 Å². The summed E-state index contributed by atoms with van der Waals surface area (Å²) in [4.78, 5) is 26.3. The van der Waals surface area contributed by atoms with E-state index in [1.165, 1.54) is 19.8 Å². The molecule has 1 aromatic heterocycles. The number of halogens is 3. The third-order valence-electron chi connectivity index (χ3n) is 5.73. The van der Waals surface area contributed by atoms with Gasteiger partial charge in [-0.05, 0) is 68.9 Å². The summed E-state index contributed by atoms with van der Waals surface area (Å²) in [5.74, 6) is -4.38. The predicted octanol–water partition coefficient (Wildman–Crippen LogP) is 3.95. The van der Waals surface area contributed by atoms with Crippen LogP contribution in [0.25, 0.3) is 0 Å². The van der Waals surface area contributed by atoms with Crippen LogP contribution in [-0.2, 0) is 11.3 Å². The zero-order chi connectivity index (χ0) is 26.9. The zero-order valence-electron chi connectivity index (χ0n) is 20.4. The summed E-state index contributed by atoms with van der Waals surface area (Å²) in [6, 6.07) is 0.152. The maximum Gasteiger partial charge on any atom is 0.513 e. The van der Waals surface area contributed by atoms with E-state index < -0.39 is 47.9 Å². The third-order valence-corrected chi connectivity index (χ3v) is 6.46. The first-order valence-corrected chi connectivity index (χ1v) is 12.4. The summed E-state index contributed by atoms with van der Waals surface area (Å²) in [6.45, 7) is 3.50. The number of aromatic nitrogens is 1. The molecule has 2 amide bonds. The number of carbonyl (C=O) groups excluding carboxylic acids is 2. The van der Waals surface area contributed by atoms with Gasteiger partial charge in [0.25, 0.3) is 5.88 Å². The fourth-order valence-corrected chi connectivity index (χ4v) is 4.32. The maximum atomic E-state index is 14.2. The number of nitrogens with zero attached hydrogens (tertiary/aromatic N) is 2. The molecule has 2 aromatic rings. The molecule has 3 N–H and O–H groups in total. The summed E-state index contributed by atoms with van der Waals surface area (Å²) in [5.41, 5.74) is -0.894. The van der Waals surface area contributed by atoms with Gasteiger partial charge in [-0.1, -0.05) is 0 Å². The first-order valence-electron chi connectivity index (χ1n) is 11.7. The minimum atomic E-state index is -1.41. The van der Waals surface area contributed by atoms with Gasteiger partial charge in [0.05, 0.1) is 18.8 Å². The molecule has 1 aliphatic rings. The Balaban J connectivity index is 1.58. The van der Waals surface area contributed by atoms with Gasteiger partial charge in [-0.15, -0.1) is 4.37 Å². The Bertz CT molecular complexity index is 1100. The van der Waals surface area contributed by atoms with Gasteiger partial charge in [-0.2, -0.15) is 0 Å². The molecule has 1 saturated heterocycles. The summed E-state index contributed by atoms with van der Waals surface area (Å²) in [5, 5.41) is 15.1. The minimum Gasteiger partial charge on any atom is -0.469 e. The van der Waals surface area contributed by atoms with Gasteiger partial charge in [-0.25, -0.2) is 22.8 Å². The SMILES string of the molecule is COC(=O)Oc1c(OCc2c(F)cc(C)c(F)c2F)nsc1NC(=O)NCCC(O)CCN1CCCC1. The monoisotopic (exact) mass is 546 g/mol. The van der Waals surface area contributed by atoms with Crippen LogP contribution in [-0.4, -0.2) is 66.0 Å². The highest BCUT2D eigenvalue weighted by atomic mass is 32.1. The number of benzene rings is 1. The van der Waals surface area contributed by atoms with Crippen molar-refractivity contribution in [1.29, 1.82) is 0 Å². The molecule has 0 radical (unpaired) electrons. The van der Waals surface area contributed by atoms with E-state index in [0.717, 1.165) is 32.8 Å². The molecule has 1 aromatic carbocycles. The van der Waals surface area contributed by atoms with Crippen molar-refractivity contribution >= 4 is 28.7 Å². The van der Waals surface area contributed by atoms with Crippen LogP contribution in [0.4, 0.5) is 27.8 Å². The zero-order valence-corrected chi connectivity index (χ0v) is 21.3. The van der Waals surface area contributed by atoms with Gasteiger partial charge in [0.2, 0.25) is 5.75 Å². The minimum absolute atomic E-state index is 0.0523. The van der Waals surface area contributed by atoms with E-state index in [9.17, 15) is 27.9 Å². The van der Waals surface area contributed by atoms with Crippen LogP contribution < -0.4 is 20.1 Å². The second kappa shape index (κ2) is 13.4. The molecular weight excluding hydrogens is 517 g/mol. The van der Waals surface area contributed by atoms with Crippen molar-refractivity contribution in [1.82, 2.24) is 14.6 Å². The number of hydrogen-bond acceptors (Lipinski definition) is 9. The van der Waals surface area contributed by atoms with Gasteiger partial charge in [0, 0.05) is 13.1 Å². The van der Waals surface area contributed by atoms with E-state index in [0.29, 0.717) is 24.4 Å². The fraction of sp³-hybridized carbons (Fsp3) is 0.522. The van der Waals surface area contributed by atoms with Gasteiger partial charge in [0.1, 0.15) is 12.4 Å². The molecular formula is C23H29F3N4O6S. The molecule has 10 nitrogen and oxygen atoms in total. The molecule has 204 valence electrons. The number of carbonyl (C=O) groups is 2. The average molecular weight is 547 g/mol. The lowest BCUT2D eigenvalue weighted by atomic mass is 10.1. The maximum absolute atomic E-state index is 14.2. The van der Waals surface area contributed by atoms with Crippen molar-refractivity contribution in [2.24, 2.45) is 0 Å². The first kappa shape index (κ1) is 28.5. The number of nitrogens with one attached hydrogen (secondary N) is 2. The van der Waals surface area contributed by atoms with E-state index in [1.807, 2.05) is 0 Å². The van der Waals surface area contributed by atoms with Crippen molar-refractivity contribution in [3.8, 4) is 11.6 Å². The summed E-state index contributed by atoms with van der Waals surface area (Å²) >= 11 is 0.672. The molecule has 37 heavy (non-hydrogen) atoms. The predicted molar refractivity (Wildman–Crippen MR) is 128 cm³/mol. The summed E-state index contributed by atoms with van der Waals surface area (Å²) in [7, 11) is 1.05. The lowest BCUT2D eigenvalue weighted by molar-refractivity contribution is 0.119. The molecule has 1 fully saturated rings. The van der Waals surface area contributed by atoms with Crippen molar-refractivity contribution in [2.75, 3.05) is 38.6 Å². The normalized spacial score (nSPS) is 14.3. The quantitative estimate of drug-likeness (QED) is 0.286. The molecule has 0 aliphatic carbocycles. The molecule has 1 unspecified atom stereocenters. The number of methoxy groups -OCH3 is 1. The molecule has 0 saturated carbocycles. The van der Waals surface area contributed by atoms with Crippen LogP contribution >= 0.6 is 11.5 Å². The number of rotatable bonds is 11. The Hall–Kier alpha value is -3.10. The molecule has 2 heterocycles. The number of amides is 2. The molecule has 1 aliphatic heterocycles. The van der Waals surface area contributed by atoms with Crippen molar-refractivity contribution in [3.63, 3.8) is 0 Å². The topological polar surface area (TPSA) is 122 Å². The molecule has 0 bridgehead atoms. The number of likely N-dealkylation sites (tertiary alicyclic amines) is 1. The Labute approximate surface area is 215 Å². The Morgan fingerprint density at radius 1 is 1.22 bits per heavy atom. The Morgan fingerprint density at radius 3 is 2.65 bits per heavy atom. The van der Waals surface area contributed by atoms with Gasteiger partial charge in [-0.3, -0.25) is 5.32 Å². The number of aryl methyl sites for hydroxylation is 1. The molecule has 1 atom stereocenters. The highest BCUT2D eigenvalue weighted by Gasteiger charge is 2.24. The highest BCUT2D eigenvalue weighted by molar-refractivity contribution is 7.11. The van der Waals surface area contributed by atoms with Crippen molar-refractivity contribution in [2.45, 2.75) is 45.3 Å². The van der Waals surface area contributed by atoms with Crippen molar-refractivity contribution < 1.29 is 42.1 Å². The number of aliphatic hydroxyl groups excluding tert-OH is 1. The second-order valence-electron chi connectivity index (χ2n) is 8.43. The standard InChI is InChI=1S/C23H29F3N4O6S/c1-13-11-16(24)15(18(26)17(13)25)12-35-20-19(36-23(33)34-2)21(37-29-20)28-22(32)27-7-5-14(31)6-10-30-8-3-4-9-30/h11,14,31H,3-10,12H2,1-2H3,(H2,27,28,32). The summed E-state index contributed by atoms with van der Waals surface area (Å²) in [6.07, 6.45) is 1.55. The number of ether oxygens (including phenoxy) is 3.